The van der Waals surface area contributed by atoms with E-state index in [0.717, 1.165) is 32.5 Å². The number of amides is 1. The lowest BCUT2D eigenvalue weighted by Crippen LogP contribution is -2.44. The van der Waals surface area contributed by atoms with Gasteiger partial charge in [-0.2, -0.15) is 0 Å². The summed E-state index contributed by atoms with van der Waals surface area (Å²) in [5.41, 5.74) is -0.412. The Balaban J connectivity index is 2.50. The number of nitrogens with one attached hydrogen (secondary N) is 1. The van der Waals surface area contributed by atoms with Gasteiger partial charge in [-0.15, -0.1) is 0 Å². The van der Waals surface area contributed by atoms with Gasteiger partial charge in [-0.3, -0.25) is 0 Å². The zero-order chi connectivity index (χ0) is 14.3. The summed E-state index contributed by atoms with van der Waals surface area (Å²) in [5, 5.41) is 3.32. The van der Waals surface area contributed by atoms with Crippen molar-refractivity contribution in [2.75, 3.05) is 19.6 Å². The Hall–Kier alpha value is -0.770. The van der Waals surface area contributed by atoms with Gasteiger partial charge in [-0.05, 0) is 40.2 Å². The number of carbonyl (C=O) groups excluding carboxylic acids is 1. The van der Waals surface area contributed by atoms with Crippen LogP contribution in [0.3, 0.4) is 0 Å². The standard InChI is InChI=1S/C15H30N2O2/c1-5-6-7-8-11-17(13-9-10-16-12-13)14(18)19-15(2,3)4/h13,16H,5-12H2,1-4H3. The largest absolute Gasteiger partial charge is 0.444 e. The van der Waals surface area contributed by atoms with E-state index in [9.17, 15) is 4.79 Å². The van der Waals surface area contributed by atoms with Gasteiger partial charge in [0.1, 0.15) is 5.60 Å². The minimum atomic E-state index is -0.412. The van der Waals surface area contributed by atoms with E-state index in [4.69, 9.17) is 4.74 Å². The van der Waals surface area contributed by atoms with Crippen LogP contribution in [0.1, 0.15) is 59.8 Å². The number of hydrogen-bond acceptors (Lipinski definition) is 3. The van der Waals surface area contributed by atoms with Crippen molar-refractivity contribution in [1.29, 1.82) is 0 Å². The molecule has 1 N–H and O–H groups in total. The monoisotopic (exact) mass is 270 g/mol. The topological polar surface area (TPSA) is 41.6 Å². The van der Waals surface area contributed by atoms with Gasteiger partial charge in [0.05, 0.1) is 0 Å². The molecule has 1 rings (SSSR count). The molecule has 4 heteroatoms. The van der Waals surface area contributed by atoms with Crippen LogP contribution in [0.15, 0.2) is 0 Å². The van der Waals surface area contributed by atoms with Gasteiger partial charge >= 0.3 is 6.09 Å². The van der Waals surface area contributed by atoms with Gasteiger partial charge in [0.25, 0.3) is 0 Å². The second-order valence-corrected chi connectivity index (χ2v) is 6.38. The van der Waals surface area contributed by atoms with Crippen molar-refractivity contribution in [3.05, 3.63) is 0 Å². The summed E-state index contributed by atoms with van der Waals surface area (Å²) < 4.78 is 5.53. The normalized spacial score (nSPS) is 19.5. The van der Waals surface area contributed by atoms with Crippen molar-refractivity contribution in [2.24, 2.45) is 0 Å². The molecule has 1 aliphatic heterocycles. The van der Waals surface area contributed by atoms with Crippen LogP contribution in [0.2, 0.25) is 0 Å². The number of hydrogen-bond donors (Lipinski definition) is 1. The molecule has 1 fully saturated rings. The van der Waals surface area contributed by atoms with Crippen LogP contribution in [-0.4, -0.2) is 42.3 Å². The summed E-state index contributed by atoms with van der Waals surface area (Å²) in [7, 11) is 0. The molecule has 1 atom stereocenters. The molecular weight excluding hydrogens is 240 g/mol. The fourth-order valence-electron chi connectivity index (χ4n) is 2.36. The van der Waals surface area contributed by atoms with E-state index >= 15 is 0 Å². The van der Waals surface area contributed by atoms with Gasteiger partial charge in [0.2, 0.25) is 0 Å². The number of nitrogens with zero attached hydrogens (tertiary/aromatic N) is 1. The lowest BCUT2D eigenvalue weighted by Gasteiger charge is -2.31. The second kappa shape index (κ2) is 7.73. The minimum absolute atomic E-state index is 0.155. The Bertz CT molecular complexity index is 268. The fraction of sp³-hybridized carbons (Fsp3) is 0.933. The molecule has 0 aliphatic carbocycles. The van der Waals surface area contributed by atoms with Crippen LogP contribution in [0.4, 0.5) is 4.79 Å². The van der Waals surface area contributed by atoms with Crippen molar-refractivity contribution in [2.45, 2.75) is 71.4 Å². The average molecular weight is 270 g/mol. The van der Waals surface area contributed by atoms with E-state index in [1.165, 1.54) is 19.3 Å². The van der Waals surface area contributed by atoms with Gasteiger partial charge in [0, 0.05) is 19.1 Å². The number of rotatable bonds is 6. The molecular formula is C15H30N2O2. The quantitative estimate of drug-likeness (QED) is 0.754. The maximum Gasteiger partial charge on any atom is 0.410 e. The highest BCUT2D eigenvalue weighted by Gasteiger charge is 2.29. The SMILES string of the molecule is CCCCCCN(C(=O)OC(C)(C)C)C1CCNC1. The third kappa shape index (κ3) is 6.28. The predicted octanol–water partition coefficient (Wildman–Crippen LogP) is 3.17. The zero-order valence-corrected chi connectivity index (χ0v) is 13.0. The van der Waals surface area contributed by atoms with Crippen molar-refractivity contribution in [1.82, 2.24) is 10.2 Å². The van der Waals surface area contributed by atoms with Crippen molar-refractivity contribution in [3.63, 3.8) is 0 Å². The summed E-state index contributed by atoms with van der Waals surface area (Å²) in [5.74, 6) is 0. The lowest BCUT2D eigenvalue weighted by atomic mass is 10.1. The lowest BCUT2D eigenvalue weighted by molar-refractivity contribution is 0.0173. The molecule has 1 heterocycles. The molecule has 0 saturated carbocycles. The highest BCUT2D eigenvalue weighted by atomic mass is 16.6. The highest BCUT2D eigenvalue weighted by Crippen LogP contribution is 2.16. The first kappa shape index (κ1) is 16.3. The molecule has 19 heavy (non-hydrogen) atoms. The van der Waals surface area contributed by atoms with Crippen molar-refractivity contribution >= 4 is 6.09 Å². The van der Waals surface area contributed by atoms with Crippen LogP contribution >= 0.6 is 0 Å². The van der Waals surface area contributed by atoms with Crippen LogP contribution < -0.4 is 5.32 Å². The molecule has 1 amide bonds. The molecule has 0 aromatic carbocycles. The summed E-state index contributed by atoms with van der Waals surface area (Å²) >= 11 is 0. The second-order valence-electron chi connectivity index (χ2n) is 6.38. The fourth-order valence-corrected chi connectivity index (χ4v) is 2.36. The van der Waals surface area contributed by atoms with Crippen molar-refractivity contribution in [3.8, 4) is 0 Å². The summed E-state index contributed by atoms with van der Waals surface area (Å²) in [6.45, 7) is 10.7. The third-order valence-corrected chi connectivity index (χ3v) is 3.36. The van der Waals surface area contributed by atoms with E-state index in [2.05, 4.69) is 12.2 Å². The zero-order valence-electron chi connectivity index (χ0n) is 13.0. The first-order valence-corrected chi connectivity index (χ1v) is 7.64. The van der Waals surface area contributed by atoms with E-state index in [1.807, 2.05) is 25.7 Å². The highest BCUT2D eigenvalue weighted by molar-refractivity contribution is 5.68. The Morgan fingerprint density at radius 3 is 2.58 bits per heavy atom. The Morgan fingerprint density at radius 2 is 2.05 bits per heavy atom. The van der Waals surface area contributed by atoms with Crippen LogP contribution in [0.5, 0.6) is 0 Å². The molecule has 112 valence electrons. The van der Waals surface area contributed by atoms with E-state index < -0.39 is 5.60 Å². The maximum absolute atomic E-state index is 12.3. The Kier molecular flexibility index (Phi) is 6.63. The van der Waals surface area contributed by atoms with Crippen LogP contribution in [0, 0.1) is 0 Å². The molecule has 0 aromatic rings. The molecule has 1 saturated heterocycles. The van der Waals surface area contributed by atoms with E-state index in [0.29, 0.717) is 6.04 Å². The van der Waals surface area contributed by atoms with Gasteiger partial charge in [-0.25, -0.2) is 4.79 Å². The maximum atomic E-state index is 12.3. The van der Waals surface area contributed by atoms with Crippen molar-refractivity contribution < 1.29 is 9.53 Å². The molecule has 1 unspecified atom stereocenters. The third-order valence-electron chi connectivity index (χ3n) is 3.36. The molecule has 0 aromatic heterocycles. The molecule has 0 spiro atoms. The number of ether oxygens (including phenoxy) is 1. The Morgan fingerprint density at radius 1 is 1.32 bits per heavy atom. The minimum Gasteiger partial charge on any atom is -0.444 e. The average Bonchev–Trinajstić information content (AvgIpc) is 2.80. The number of carbonyl (C=O) groups is 1. The summed E-state index contributed by atoms with van der Waals surface area (Å²) in [4.78, 5) is 14.2. The predicted molar refractivity (Wildman–Crippen MR) is 78.4 cm³/mol. The molecule has 0 bridgehead atoms. The molecule has 1 aliphatic rings. The Labute approximate surface area is 117 Å². The van der Waals surface area contributed by atoms with Crippen LogP contribution in [0.25, 0.3) is 0 Å². The number of unbranched alkanes of at least 4 members (excludes halogenated alkanes) is 3. The first-order valence-electron chi connectivity index (χ1n) is 7.64. The van der Waals surface area contributed by atoms with Gasteiger partial charge in [0.15, 0.2) is 0 Å². The van der Waals surface area contributed by atoms with E-state index in [1.54, 1.807) is 0 Å². The van der Waals surface area contributed by atoms with E-state index in [-0.39, 0.29) is 6.09 Å². The smallest absolute Gasteiger partial charge is 0.410 e. The molecule has 4 nitrogen and oxygen atoms in total. The van der Waals surface area contributed by atoms with Gasteiger partial charge in [-0.1, -0.05) is 26.2 Å². The summed E-state index contributed by atoms with van der Waals surface area (Å²) in [6, 6.07) is 0.302. The van der Waals surface area contributed by atoms with Crippen LogP contribution in [-0.2, 0) is 4.74 Å². The van der Waals surface area contributed by atoms with Gasteiger partial charge < -0.3 is 15.0 Å². The molecule has 0 radical (unpaired) electrons. The first-order chi connectivity index (χ1) is 8.94. The summed E-state index contributed by atoms with van der Waals surface area (Å²) in [6.07, 6.45) is 5.60.